The normalized spacial score (nSPS) is 13.8. The number of hydrogen-bond acceptors (Lipinski definition) is 5. The van der Waals surface area contributed by atoms with Gasteiger partial charge in [-0.05, 0) is 62.8 Å². The van der Waals surface area contributed by atoms with Crippen LogP contribution < -0.4 is 16.6 Å². The van der Waals surface area contributed by atoms with Gasteiger partial charge in [0.05, 0.1) is 11.4 Å². The first kappa shape index (κ1) is 23.9. The van der Waals surface area contributed by atoms with Crippen molar-refractivity contribution in [1.29, 1.82) is 0 Å². The number of anilines is 1. The van der Waals surface area contributed by atoms with E-state index in [1.807, 2.05) is 37.3 Å². The number of rotatable bonds is 6. The molecule has 1 aliphatic rings. The molecule has 8 heteroatoms. The minimum absolute atomic E-state index is 0.102. The summed E-state index contributed by atoms with van der Waals surface area (Å²) in [5.74, 6) is -0.502. The summed E-state index contributed by atoms with van der Waals surface area (Å²) in [7, 11) is 0. The molecule has 184 valence electrons. The Bertz CT molecular complexity index is 1600. The van der Waals surface area contributed by atoms with Crippen molar-refractivity contribution in [3.05, 3.63) is 97.0 Å². The molecule has 1 unspecified atom stereocenters. The highest BCUT2D eigenvalue weighted by molar-refractivity contribution is 7.18. The Balaban J connectivity index is 1.62. The van der Waals surface area contributed by atoms with Gasteiger partial charge in [0.25, 0.3) is 5.56 Å². The number of aryl methyl sites for hydroxylation is 2. The van der Waals surface area contributed by atoms with Crippen molar-refractivity contribution in [2.45, 2.75) is 52.1 Å². The molecule has 2 aromatic carbocycles. The quantitative estimate of drug-likeness (QED) is 0.393. The fourth-order valence-corrected chi connectivity index (χ4v) is 6.28. The molecule has 1 aliphatic carbocycles. The highest BCUT2D eigenvalue weighted by atomic mass is 32.1. The van der Waals surface area contributed by atoms with Crippen molar-refractivity contribution >= 4 is 38.9 Å². The van der Waals surface area contributed by atoms with E-state index in [4.69, 9.17) is 0 Å². The lowest BCUT2D eigenvalue weighted by atomic mass is 9.97. The van der Waals surface area contributed by atoms with Gasteiger partial charge in [-0.15, -0.1) is 11.3 Å². The zero-order valence-corrected chi connectivity index (χ0v) is 21.1. The van der Waals surface area contributed by atoms with Gasteiger partial charge in [-0.25, -0.2) is 4.79 Å². The zero-order chi connectivity index (χ0) is 25.4. The molecular formula is C28H27N3O4S. The van der Waals surface area contributed by atoms with Crippen molar-refractivity contribution < 1.29 is 9.59 Å². The molecule has 2 heterocycles. The minimum atomic E-state index is -0.505. The molecule has 5 rings (SSSR count). The molecular weight excluding hydrogens is 474 g/mol. The Hall–Kier alpha value is -3.78. The summed E-state index contributed by atoms with van der Waals surface area (Å²) in [4.78, 5) is 54.0. The Labute approximate surface area is 212 Å². The van der Waals surface area contributed by atoms with Crippen LogP contribution in [0.4, 0.5) is 5.69 Å². The predicted molar refractivity (Wildman–Crippen MR) is 142 cm³/mol. The van der Waals surface area contributed by atoms with Crippen LogP contribution in [-0.2, 0) is 24.2 Å². The van der Waals surface area contributed by atoms with E-state index in [2.05, 4.69) is 5.32 Å². The van der Waals surface area contributed by atoms with Gasteiger partial charge in [0.2, 0.25) is 5.91 Å². The van der Waals surface area contributed by atoms with E-state index in [0.717, 1.165) is 41.7 Å². The summed E-state index contributed by atoms with van der Waals surface area (Å²) < 4.78 is 2.71. The summed E-state index contributed by atoms with van der Waals surface area (Å²) in [5, 5.41) is 3.36. The average Bonchev–Trinajstić information content (AvgIpc) is 3.27. The smallest absolute Gasteiger partial charge is 0.325 e. The number of fused-ring (bicyclic) bond motifs is 3. The maximum Gasteiger partial charge on any atom is 0.333 e. The number of hydrogen-bond donors (Lipinski definition) is 1. The fraction of sp³-hybridized carbons (Fsp3) is 0.286. The van der Waals surface area contributed by atoms with Crippen LogP contribution in [0.2, 0.25) is 0 Å². The highest BCUT2D eigenvalue weighted by Gasteiger charge is 2.26. The van der Waals surface area contributed by atoms with E-state index >= 15 is 0 Å². The van der Waals surface area contributed by atoms with Crippen LogP contribution >= 0.6 is 11.3 Å². The van der Waals surface area contributed by atoms with Crippen LogP contribution in [0, 0.1) is 0 Å². The van der Waals surface area contributed by atoms with Crippen molar-refractivity contribution in [2.24, 2.45) is 0 Å². The van der Waals surface area contributed by atoms with Crippen LogP contribution in [0.3, 0.4) is 0 Å². The molecule has 7 nitrogen and oxygen atoms in total. The maximum atomic E-state index is 13.8. The van der Waals surface area contributed by atoms with Crippen LogP contribution in [0.1, 0.15) is 59.1 Å². The van der Waals surface area contributed by atoms with Gasteiger partial charge in [-0.3, -0.25) is 23.5 Å². The van der Waals surface area contributed by atoms with Crippen molar-refractivity contribution in [3.8, 4) is 0 Å². The van der Waals surface area contributed by atoms with Gasteiger partial charge in [0.1, 0.15) is 11.4 Å². The largest absolute Gasteiger partial charge is 0.333 e. The second-order valence-electron chi connectivity index (χ2n) is 9.21. The Kier molecular flexibility index (Phi) is 6.45. The molecule has 1 amide bonds. The third-order valence-corrected chi connectivity index (χ3v) is 8.11. The lowest BCUT2D eigenvalue weighted by molar-refractivity contribution is -0.116. The van der Waals surface area contributed by atoms with E-state index < -0.39 is 17.6 Å². The van der Waals surface area contributed by atoms with E-state index in [9.17, 15) is 19.2 Å². The minimum Gasteiger partial charge on any atom is -0.325 e. The summed E-state index contributed by atoms with van der Waals surface area (Å²) >= 11 is 1.45. The number of benzene rings is 2. The van der Waals surface area contributed by atoms with Gasteiger partial charge in [-0.2, -0.15) is 0 Å². The number of nitrogens with zero attached hydrogens (tertiary/aromatic N) is 2. The van der Waals surface area contributed by atoms with Gasteiger partial charge < -0.3 is 5.32 Å². The van der Waals surface area contributed by atoms with Crippen LogP contribution in [0.15, 0.2) is 64.2 Å². The van der Waals surface area contributed by atoms with Crippen LogP contribution in [-0.4, -0.2) is 20.8 Å². The average molecular weight is 502 g/mol. The van der Waals surface area contributed by atoms with Crippen LogP contribution in [0.25, 0.3) is 10.2 Å². The van der Waals surface area contributed by atoms with E-state index in [-0.39, 0.29) is 17.9 Å². The Morgan fingerprint density at radius 2 is 1.78 bits per heavy atom. The third-order valence-electron chi connectivity index (χ3n) is 6.79. The van der Waals surface area contributed by atoms with Gasteiger partial charge in [-0.1, -0.05) is 42.5 Å². The zero-order valence-electron chi connectivity index (χ0n) is 20.2. The summed E-state index contributed by atoms with van der Waals surface area (Å²) in [6, 6.07) is 15.6. The topological polar surface area (TPSA) is 90.2 Å². The number of carbonyl (C=O) groups is 2. The second kappa shape index (κ2) is 9.70. The number of Topliss-reactive ketones (excluding diaryl/α,β-unsaturated/α-hetero) is 1. The van der Waals surface area contributed by atoms with E-state index in [0.29, 0.717) is 21.5 Å². The number of amides is 1. The molecule has 4 aromatic rings. The maximum absolute atomic E-state index is 13.8. The molecule has 0 bridgehead atoms. The van der Waals surface area contributed by atoms with Crippen molar-refractivity contribution in [3.63, 3.8) is 0 Å². The first-order valence-electron chi connectivity index (χ1n) is 12.1. The molecule has 0 saturated carbocycles. The fourth-order valence-electron chi connectivity index (χ4n) is 4.91. The molecule has 1 N–H and O–H groups in total. The molecule has 0 fully saturated rings. The molecule has 1 atom stereocenters. The molecule has 36 heavy (non-hydrogen) atoms. The number of aromatic nitrogens is 2. The van der Waals surface area contributed by atoms with Crippen LogP contribution in [0.5, 0.6) is 0 Å². The van der Waals surface area contributed by atoms with Gasteiger partial charge >= 0.3 is 5.69 Å². The molecule has 0 saturated heterocycles. The van der Waals surface area contributed by atoms with Crippen molar-refractivity contribution in [1.82, 2.24) is 9.13 Å². The SMILES string of the molecule is CC(=O)c1cccc(NC(=O)Cn2c(=O)n(C(C)c3ccccc3)c(=O)c3c4c(sc32)CCCC4)c1. The number of nitrogens with one attached hydrogen (secondary N) is 1. The summed E-state index contributed by atoms with van der Waals surface area (Å²) in [5.41, 5.74) is 2.03. The predicted octanol–water partition coefficient (Wildman–Crippen LogP) is 4.55. The third kappa shape index (κ3) is 4.33. The Morgan fingerprint density at radius 1 is 1.03 bits per heavy atom. The van der Waals surface area contributed by atoms with E-state index in [1.165, 1.54) is 27.4 Å². The molecule has 2 aromatic heterocycles. The van der Waals surface area contributed by atoms with Crippen molar-refractivity contribution in [2.75, 3.05) is 5.32 Å². The number of ketones is 1. The summed E-state index contributed by atoms with van der Waals surface area (Å²) in [6.45, 7) is 3.06. The lowest BCUT2D eigenvalue weighted by Crippen LogP contribution is -2.43. The standard InChI is InChI=1S/C28H27N3O4S/c1-17(19-9-4-3-5-10-19)31-26(34)25-22-13-6-7-14-23(22)36-27(25)30(28(31)35)16-24(33)29-21-12-8-11-20(15-21)18(2)32/h3-5,8-12,15,17H,6-7,13-14,16H2,1-2H3,(H,29,33). The summed E-state index contributed by atoms with van der Waals surface area (Å²) in [6.07, 6.45) is 3.72. The second-order valence-corrected chi connectivity index (χ2v) is 10.3. The molecule has 0 radical (unpaired) electrons. The Morgan fingerprint density at radius 3 is 2.53 bits per heavy atom. The molecule has 0 aliphatic heterocycles. The van der Waals surface area contributed by atoms with E-state index in [1.54, 1.807) is 24.3 Å². The number of carbonyl (C=O) groups excluding carboxylic acids is 2. The lowest BCUT2D eigenvalue weighted by Gasteiger charge is -2.18. The first-order valence-corrected chi connectivity index (χ1v) is 12.9. The van der Waals surface area contributed by atoms with Gasteiger partial charge in [0.15, 0.2) is 5.78 Å². The monoisotopic (exact) mass is 501 g/mol. The molecule has 0 spiro atoms. The number of thiophene rings is 1. The highest BCUT2D eigenvalue weighted by Crippen LogP contribution is 2.34. The van der Waals surface area contributed by atoms with Gasteiger partial charge in [0, 0.05) is 16.1 Å². The first-order chi connectivity index (χ1) is 17.3.